The standard InChI is InChI=1S/C19H19BrF3N3O2S/c1-29-11-10-16(24-17(27)12-6-2-4-8-14(12)20)18(28)26-25-15-9-5-3-7-13(15)19(21,22)23/h2-9,16,25H,10-11H2,1H3,(H,24,27)(H,26,28). The van der Waals surface area contributed by atoms with Gasteiger partial charge in [-0.3, -0.25) is 20.4 Å². The van der Waals surface area contributed by atoms with Gasteiger partial charge in [0.2, 0.25) is 0 Å². The number of hydrogen-bond donors (Lipinski definition) is 3. The van der Waals surface area contributed by atoms with E-state index in [-0.39, 0.29) is 5.69 Å². The molecule has 156 valence electrons. The molecule has 0 heterocycles. The number of halogens is 4. The molecule has 0 aliphatic carbocycles. The van der Waals surface area contributed by atoms with Crippen molar-refractivity contribution in [2.75, 3.05) is 17.4 Å². The van der Waals surface area contributed by atoms with E-state index in [0.29, 0.717) is 22.2 Å². The van der Waals surface area contributed by atoms with E-state index in [0.717, 1.165) is 6.07 Å². The predicted octanol–water partition coefficient (Wildman–Crippen LogP) is 4.46. The summed E-state index contributed by atoms with van der Waals surface area (Å²) >= 11 is 4.76. The summed E-state index contributed by atoms with van der Waals surface area (Å²) in [6.07, 6.45) is -2.41. The van der Waals surface area contributed by atoms with Crippen LogP contribution in [0.1, 0.15) is 22.3 Å². The Kier molecular flexibility index (Phi) is 8.39. The van der Waals surface area contributed by atoms with Crippen molar-refractivity contribution in [3.05, 3.63) is 64.1 Å². The lowest BCUT2D eigenvalue weighted by molar-refractivity contribution is -0.137. The van der Waals surface area contributed by atoms with E-state index >= 15 is 0 Å². The van der Waals surface area contributed by atoms with E-state index in [1.807, 2.05) is 6.26 Å². The van der Waals surface area contributed by atoms with Gasteiger partial charge in [-0.25, -0.2) is 0 Å². The van der Waals surface area contributed by atoms with Crippen molar-refractivity contribution < 1.29 is 22.8 Å². The van der Waals surface area contributed by atoms with Gasteiger partial charge in [-0.2, -0.15) is 24.9 Å². The minimum Gasteiger partial charge on any atom is -0.340 e. The zero-order valence-electron chi connectivity index (χ0n) is 15.3. The summed E-state index contributed by atoms with van der Waals surface area (Å²) in [6.45, 7) is 0. The van der Waals surface area contributed by atoms with Crippen molar-refractivity contribution in [3.8, 4) is 0 Å². The molecular formula is C19H19BrF3N3O2S. The largest absolute Gasteiger partial charge is 0.418 e. The maximum Gasteiger partial charge on any atom is 0.418 e. The van der Waals surface area contributed by atoms with Crippen molar-refractivity contribution in [1.82, 2.24) is 10.7 Å². The molecule has 0 aromatic heterocycles. The van der Waals surface area contributed by atoms with Crippen LogP contribution in [0.25, 0.3) is 0 Å². The number of rotatable bonds is 8. The number of hydrogen-bond acceptors (Lipinski definition) is 4. The van der Waals surface area contributed by atoms with Crippen LogP contribution < -0.4 is 16.2 Å². The Hall–Kier alpha value is -2.20. The number of carbonyl (C=O) groups excluding carboxylic acids is 2. The molecule has 2 amide bonds. The van der Waals surface area contributed by atoms with Gasteiger partial charge in [0, 0.05) is 4.47 Å². The number of thioether (sulfide) groups is 1. The fourth-order valence-electron chi connectivity index (χ4n) is 2.44. The van der Waals surface area contributed by atoms with Gasteiger partial charge in [-0.05, 0) is 58.6 Å². The third-order valence-corrected chi connectivity index (χ3v) is 5.24. The summed E-state index contributed by atoms with van der Waals surface area (Å²) in [4.78, 5) is 25.1. The van der Waals surface area contributed by atoms with Gasteiger partial charge in [0.15, 0.2) is 0 Å². The fraction of sp³-hybridized carbons (Fsp3) is 0.263. The molecule has 2 rings (SSSR count). The van der Waals surface area contributed by atoms with E-state index in [4.69, 9.17) is 0 Å². The lowest BCUT2D eigenvalue weighted by Gasteiger charge is -2.20. The highest BCUT2D eigenvalue weighted by Gasteiger charge is 2.33. The van der Waals surface area contributed by atoms with Crippen molar-refractivity contribution in [1.29, 1.82) is 0 Å². The average molecular weight is 490 g/mol. The molecule has 3 N–H and O–H groups in total. The van der Waals surface area contributed by atoms with Gasteiger partial charge in [0.25, 0.3) is 11.8 Å². The maximum absolute atomic E-state index is 13.1. The van der Waals surface area contributed by atoms with Crippen LogP contribution in [0.5, 0.6) is 0 Å². The molecule has 29 heavy (non-hydrogen) atoms. The first kappa shape index (κ1) is 23.1. The summed E-state index contributed by atoms with van der Waals surface area (Å²) in [5.74, 6) is -0.529. The molecule has 10 heteroatoms. The second kappa shape index (κ2) is 10.5. The molecule has 0 radical (unpaired) electrons. The van der Waals surface area contributed by atoms with Gasteiger partial charge in [0.05, 0.1) is 16.8 Å². The number of benzene rings is 2. The van der Waals surface area contributed by atoms with Crippen LogP contribution in [-0.2, 0) is 11.0 Å². The second-order valence-electron chi connectivity index (χ2n) is 5.94. The third kappa shape index (κ3) is 6.67. The van der Waals surface area contributed by atoms with Crippen molar-refractivity contribution in [3.63, 3.8) is 0 Å². The quantitative estimate of drug-likeness (QED) is 0.478. The van der Waals surface area contributed by atoms with Crippen LogP contribution in [0, 0.1) is 0 Å². The Balaban J connectivity index is 2.10. The van der Waals surface area contributed by atoms with Crippen LogP contribution in [0.3, 0.4) is 0 Å². The summed E-state index contributed by atoms with van der Waals surface area (Å²) < 4.78 is 39.8. The molecule has 0 aliphatic rings. The van der Waals surface area contributed by atoms with Crippen LogP contribution in [0.4, 0.5) is 18.9 Å². The maximum atomic E-state index is 13.1. The highest BCUT2D eigenvalue weighted by molar-refractivity contribution is 9.10. The number of amides is 2. The highest BCUT2D eigenvalue weighted by atomic mass is 79.9. The normalized spacial score (nSPS) is 12.2. The average Bonchev–Trinajstić information content (AvgIpc) is 2.69. The van der Waals surface area contributed by atoms with Gasteiger partial charge < -0.3 is 5.32 Å². The van der Waals surface area contributed by atoms with E-state index in [1.54, 1.807) is 24.3 Å². The summed E-state index contributed by atoms with van der Waals surface area (Å²) in [5.41, 5.74) is 3.75. The zero-order chi connectivity index (χ0) is 21.4. The first-order chi connectivity index (χ1) is 13.7. The van der Waals surface area contributed by atoms with Crippen molar-refractivity contribution in [2.24, 2.45) is 0 Å². The first-order valence-electron chi connectivity index (χ1n) is 8.50. The molecule has 2 aromatic rings. The van der Waals surface area contributed by atoms with E-state index in [9.17, 15) is 22.8 Å². The Morgan fingerprint density at radius 2 is 1.76 bits per heavy atom. The van der Waals surface area contributed by atoms with Gasteiger partial charge in [-0.1, -0.05) is 24.3 Å². The predicted molar refractivity (Wildman–Crippen MR) is 112 cm³/mol. The van der Waals surface area contributed by atoms with E-state index in [2.05, 4.69) is 32.1 Å². The lowest BCUT2D eigenvalue weighted by Crippen LogP contribution is -2.48. The SMILES string of the molecule is CSCCC(NC(=O)c1ccccc1Br)C(=O)NNc1ccccc1C(F)(F)F. The molecule has 0 fully saturated rings. The Bertz CT molecular complexity index is 865. The monoisotopic (exact) mass is 489 g/mol. The minimum atomic E-state index is -4.57. The third-order valence-electron chi connectivity index (χ3n) is 3.90. The minimum absolute atomic E-state index is 0.283. The van der Waals surface area contributed by atoms with E-state index < -0.39 is 29.6 Å². The molecule has 0 saturated carbocycles. The van der Waals surface area contributed by atoms with Crippen LogP contribution in [0.2, 0.25) is 0 Å². The Morgan fingerprint density at radius 1 is 1.10 bits per heavy atom. The zero-order valence-corrected chi connectivity index (χ0v) is 17.7. The molecule has 0 aliphatic heterocycles. The number of carbonyl (C=O) groups is 2. The van der Waals surface area contributed by atoms with Crippen molar-refractivity contribution >= 4 is 45.2 Å². The molecule has 0 bridgehead atoms. The smallest absolute Gasteiger partial charge is 0.340 e. The number of nitrogens with one attached hydrogen (secondary N) is 3. The molecule has 0 spiro atoms. The Labute approximate surface area is 178 Å². The summed E-state index contributed by atoms with van der Waals surface area (Å²) in [6, 6.07) is 10.6. The molecule has 1 unspecified atom stereocenters. The number of para-hydroxylation sites is 1. The first-order valence-corrected chi connectivity index (χ1v) is 10.7. The molecular weight excluding hydrogens is 471 g/mol. The summed E-state index contributed by atoms with van der Waals surface area (Å²) in [5, 5.41) is 2.63. The Morgan fingerprint density at radius 3 is 2.41 bits per heavy atom. The molecule has 0 saturated heterocycles. The van der Waals surface area contributed by atoms with Crippen LogP contribution in [0.15, 0.2) is 53.0 Å². The molecule has 5 nitrogen and oxygen atoms in total. The van der Waals surface area contributed by atoms with E-state index in [1.165, 1.54) is 30.0 Å². The number of hydrazine groups is 1. The fourth-order valence-corrected chi connectivity index (χ4v) is 3.38. The topological polar surface area (TPSA) is 70.2 Å². The molecule has 1 atom stereocenters. The van der Waals surface area contributed by atoms with Crippen molar-refractivity contribution in [2.45, 2.75) is 18.6 Å². The summed E-state index contributed by atoms with van der Waals surface area (Å²) in [7, 11) is 0. The highest BCUT2D eigenvalue weighted by Crippen LogP contribution is 2.34. The van der Waals surface area contributed by atoms with Crippen LogP contribution in [-0.4, -0.2) is 29.9 Å². The van der Waals surface area contributed by atoms with Gasteiger partial charge in [-0.15, -0.1) is 0 Å². The van der Waals surface area contributed by atoms with Crippen LogP contribution >= 0.6 is 27.7 Å². The molecule has 2 aromatic carbocycles. The number of anilines is 1. The van der Waals surface area contributed by atoms with Gasteiger partial charge in [0.1, 0.15) is 6.04 Å². The second-order valence-corrected chi connectivity index (χ2v) is 7.78. The van der Waals surface area contributed by atoms with Gasteiger partial charge >= 0.3 is 6.18 Å². The number of alkyl halides is 3. The lowest BCUT2D eigenvalue weighted by atomic mass is 10.1.